The number of carbonyl (C=O) groups excluding carboxylic acids is 2. The lowest BCUT2D eigenvalue weighted by atomic mass is 10.1. The van der Waals surface area contributed by atoms with Crippen LogP contribution in [0.4, 0.5) is 5.69 Å². The Balaban J connectivity index is 2.13. The molecule has 3 aromatic rings. The number of nitrogens with one attached hydrogen (secondary N) is 1. The minimum absolute atomic E-state index is 0.0286. The fourth-order valence-electron chi connectivity index (χ4n) is 4.40. The monoisotopic (exact) mass is 665 g/mol. The van der Waals surface area contributed by atoms with Gasteiger partial charge in [0.25, 0.3) is 10.0 Å². The Kier molecular flexibility index (Phi) is 12.6. The summed E-state index contributed by atoms with van der Waals surface area (Å²) in [6.45, 7) is 3.29. The summed E-state index contributed by atoms with van der Waals surface area (Å²) in [5.41, 5.74) is 0.617. The highest BCUT2D eigenvalue weighted by Crippen LogP contribution is 2.37. The zero-order chi connectivity index (χ0) is 32.4. The van der Waals surface area contributed by atoms with Gasteiger partial charge >= 0.3 is 0 Å². The van der Waals surface area contributed by atoms with Crippen LogP contribution >= 0.6 is 23.2 Å². The van der Waals surface area contributed by atoms with Gasteiger partial charge in [0.15, 0.2) is 11.5 Å². The SMILES string of the molecule is CCCCNC(=O)[C@@H](C)N(Cc1ccccc1Cl)C(=O)CN(c1cc(Cl)ccc1OC)S(=O)(=O)c1ccc(OC)c(OC)c1. The number of unbranched alkanes of at least 4 members (excludes halogenated alkanes) is 1. The summed E-state index contributed by atoms with van der Waals surface area (Å²) >= 11 is 12.7. The van der Waals surface area contributed by atoms with Crippen molar-refractivity contribution in [3.05, 3.63) is 76.3 Å². The van der Waals surface area contributed by atoms with Crippen LogP contribution in [0.2, 0.25) is 10.0 Å². The predicted octanol–water partition coefficient (Wildman–Crippen LogP) is 5.55. The van der Waals surface area contributed by atoms with Crippen LogP contribution in [0.25, 0.3) is 0 Å². The average molecular weight is 667 g/mol. The molecule has 1 N–H and O–H groups in total. The summed E-state index contributed by atoms with van der Waals surface area (Å²) in [7, 11) is -0.256. The fourth-order valence-corrected chi connectivity index (χ4v) is 6.20. The Morgan fingerprint density at radius 3 is 2.20 bits per heavy atom. The first-order valence-corrected chi connectivity index (χ1v) is 16.1. The maximum absolute atomic E-state index is 14.3. The maximum atomic E-state index is 14.3. The van der Waals surface area contributed by atoms with Gasteiger partial charge in [-0.2, -0.15) is 0 Å². The van der Waals surface area contributed by atoms with Gasteiger partial charge in [0.1, 0.15) is 18.3 Å². The Hall–Kier alpha value is -3.67. The normalized spacial score (nSPS) is 11.8. The fraction of sp³-hybridized carbons (Fsp3) is 0.355. The summed E-state index contributed by atoms with van der Waals surface area (Å²) in [5, 5.41) is 3.47. The van der Waals surface area contributed by atoms with Crippen molar-refractivity contribution in [2.45, 2.75) is 44.2 Å². The molecule has 2 amide bonds. The van der Waals surface area contributed by atoms with Gasteiger partial charge in [0, 0.05) is 29.2 Å². The molecule has 0 fully saturated rings. The molecule has 1 atom stereocenters. The van der Waals surface area contributed by atoms with Gasteiger partial charge in [-0.05, 0) is 55.3 Å². The molecule has 0 spiro atoms. The second-order valence-electron chi connectivity index (χ2n) is 9.78. The number of methoxy groups -OCH3 is 3. The van der Waals surface area contributed by atoms with Crippen molar-refractivity contribution < 1.29 is 32.2 Å². The molecule has 238 valence electrons. The molecule has 0 aliphatic heterocycles. The van der Waals surface area contributed by atoms with Gasteiger partial charge in [0.05, 0.1) is 31.9 Å². The third-order valence-corrected chi connectivity index (χ3v) is 9.29. The molecule has 0 aromatic heterocycles. The molecule has 0 aliphatic carbocycles. The van der Waals surface area contributed by atoms with Crippen molar-refractivity contribution in [1.29, 1.82) is 0 Å². The van der Waals surface area contributed by atoms with E-state index in [-0.39, 0.29) is 39.6 Å². The molecule has 0 bridgehead atoms. The molecule has 3 rings (SSSR count). The zero-order valence-corrected chi connectivity index (χ0v) is 27.6. The van der Waals surface area contributed by atoms with Crippen LogP contribution in [0, 0.1) is 0 Å². The maximum Gasteiger partial charge on any atom is 0.265 e. The molecule has 0 unspecified atom stereocenters. The number of amides is 2. The van der Waals surface area contributed by atoms with Gasteiger partial charge in [-0.25, -0.2) is 8.42 Å². The molecule has 10 nitrogen and oxygen atoms in total. The highest BCUT2D eigenvalue weighted by atomic mass is 35.5. The first kappa shape index (κ1) is 34.8. The topological polar surface area (TPSA) is 114 Å². The lowest BCUT2D eigenvalue weighted by molar-refractivity contribution is -0.139. The number of anilines is 1. The lowest BCUT2D eigenvalue weighted by Gasteiger charge is -2.32. The first-order valence-electron chi connectivity index (χ1n) is 13.9. The van der Waals surface area contributed by atoms with E-state index in [1.165, 1.54) is 56.6 Å². The van der Waals surface area contributed by atoms with Crippen molar-refractivity contribution in [1.82, 2.24) is 10.2 Å². The Morgan fingerprint density at radius 2 is 1.57 bits per heavy atom. The highest BCUT2D eigenvalue weighted by molar-refractivity contribution is 7.92. The molecule has 0 saturated carbocycles. The Bertz CT molecular complexity index is 1570. The van der Waals surface area contributed by atoms with E-state index in [0.29, 0.717) is 22.9 Å². The molecule has 0 radical (unpaired) electrons. The molecule has 3 aromatic carbocycles. The first-order chi connectivity index (χ1) is 21.0. The van der Waals surface area contributed by atoms with Crippen molar-refractivity contribution in [3.63, 3.8) is 0 Å². The summed E-state index contributed by atoms with van der Waals surface area (Å²) in [4.78, 5) is 28.5. The quantitative estimate of drug-likeness (QED) is 0.212. The molecule has 13 heteroatoms. The van der Waals surface area contributed by atoms with E-state index in [1.54, 1.807) is 37.3 Å². The van der Waals surface area contributed by atoms with Gasteiger partial charge < -0.3 is 24.4 Å². The van der Waals surface area contributed by atoms with E-state index < -0.39 is 28.5 Å². The number of nitrogens with zero attached hydrogens (tertiary/aromatic N) is 2. The van der Waals surface area contributed by atoms with Crippen molar-refractivity contribution >= 4 is 50.7 Å². The summed E-state index contributed by atoms with van der Waals surface area (Å²) in [5.74, 6) is -0.379. The van der Waals surface area contributed by atoms with E-state index >= 15 is 0 Å². The number of ether oxygens (including phenoxy) is 3. The zero-order valence-electron chi connectivity index (χ0n) is 25.3. The number of carbonyl (C=O) groups is 2. The second kappa shape index (κ2) is 15.9. The summed E-state index contributed by atoms with van der Waals surface area (Å²) in [6, 6.07) is 14.5. The number of rotatable bonds is 15. The van der Waals surface area contributed by atoms with Crippen molar-refractivity contribution in [2.75, 3.05) is 38.7 Å². The minimum Gasteiger partial charge on any atom is -0.495 e. The minimum atomic E-state index is -4.45. The van der Waals surface area contributed by atoms with Crippen LogP contribution < -0.4 is 23.8 Å². The van der Waals surface area contributed by atoms with E-state index in [0.717, 1.165) is 17.1 Å². The van der Waals surface area contributed by atoms with Crippen molar-refractivity contribution in [2.24, 2.45) is 0 Å². The summed E-state index contributed by atoms with van der Waals surface area (Å²) in [6.07, 6.45) is 1.64. The van der Waals surface area contributed by atoms with Crippen LogP contribution in [0.1, 0.15) is 32.3 Å². The van der Waals surface area contributed by atoms with Gasteiger partial charge in [-0.1, -0.05) is 54.7 Å². The van der Waals surface area contributed by atoms with Gasteiger partial charge in [0.2, 0.25) is 11.8 Å². The number of benzene rings is 3. The Morgan fingerprint density at radius 1 is 0.909 bits per heavy atom. The molecule has 0 aliphatic rings. The van der Waals surface area contributed by atoms with Gasteiger partial charge in [-0.3, -0.25) is 13.9 Å². The molecule has 44 heavy (non-hydrogen) atoms. The third-order valence-electron chi connectivity index (χ3n) is 6.93. The van der Waals surface area contributed by atoms with E-state index in [4.69, 9.17) is 37.4 Å². The van der Waals surface area contributed by atoms with Crippen molar-refractivity contribution in [3.8, 4) is 17.2 Å². The van der Waals surface area contributed by atoms with Crippen LogP contribution in [0.3, 0.4) is 0 Å². The standard InChI is InChI=1S/C31H37Cl2N3O7S/c1-6-7-16-34-31(38)21(2)35(19-22-10-8-9-11-25(22)33)30(37)20-36(26-17-23(32)12-14-27(26)41-3)44(39,40)24-13-15-28(42-4)29(18-24)43-5/h8-15,17-18,21H,6-7,16,19-20H2,1-5H3,(H,34,38)/t21-/m1/s1. The largest absolute Gasteiger partial charge is 0.495 e. The molecule has 0 saturated heterocycles. The van der Waals surface area contributed by atoms with Crippen LogP contribution in [-0.4, -0.2) is 65.6 Å². The van der Waals surface area contributed by atoms with Crippen LogP contribution in [0.15, 0.2) is 65.6 Å². The van der Waals surface area contributed by atoms with E-state index in [9.17, 15) is 18.0 Å². The number of sulfonamides is 1. The Labute approximate surface area is 268 Å². The number of halogens is 2. The van der Waals surface area contributed by atoms with Gasteiger partial charge in [-0.15, -0.1) is 0 Å². The number of hydrogen-bond donors (Lipinski definition) is 1. The molecule has 0 heterocycles. The van der Waals surface area contributed by atoms with E-state index in [2.05, 4.69) is 5.32 Å². The predicted molar refractivity (Wildman–Crippen MR) is 171 cm³/mol. The van der Waals surface area contributed by atoms with Crippen LogP contribution in [-0.2, 0) is 26.2 Å². The van der Waals surface area contributed by atoms with E-state index in [1.807, 2.05) is 6.92 Å². The molecular weight excluding hydrogens is 629 g/mol. The molecular formula is C31H37Cl2N3O7S. The lowest BCUT2D eigenvalue weighted by Crippen LogP contribution is -2.51. The average Bonchev–Trinajstić information content (AvgIpc) is 3.02. The third kappa shape index (κ3) is 8.28. The number of hydrogen-bond acceptors (Lipinski definition) is 7. The highest BCUT2D eigenvalue weighted by Gasteiger charge is 2.34. The second-order valence-corrected chi connectivity index (χ2v) is 12.5. The smallest absolute Gasteiger partial charge is 0.265 e. The summed E-state index contributed by atoms with van der Waals surface area (Å²) < 4.78 is 45.6. The van der Waals surface area contributed by atoms with Crippen LogP contribution in [0.5, 0.6) is 17.2 Å².